The van der Waals surface area contributed by atoms with Gasteiger partial charge in [-0.3, -0.25) is 9.69 Å². The number of nitrogens with zero attached hydrogens (tertiary/aromatic N) is 1. The molecule has 1 amide bonds. The highest BCUT2D eigenvalue weighted by Gasteiger charge is 2.30. The third-order valence-electron chi connectivity index (χ3n) is 4.38. The predicted molar refractivity (Wildman–Crippen MR) is 119 cm³/mol. The predicted octanol–water partition coefficient (Wildman–Crippen LogP) is 5.11. The molecule has 1 saturated heterocycles. The zero-order valence-electron chi connectivity index (χ0n) is 16.4. The number of ether oxygens (including phenoxy) is 2. The quantitative estimate of drug-likeness (QED) is 0.486. The Labute approximate surface area is 175 Å². The summed E-state index contributed by atoms with van der Waals surface area (Å²) in [5.74, 6) is 1.54. The monoisotopic (exact) mass is 413 g/mol. The standard InChI is InChI=1S/C22H23NO3S2/c1-5-23-21(24)20(28-22(23)27)12-16-6-7-19(25-4)17(11-16)13-26-18-9-14(2)8-15(3)10-18/h6-12H,5,13H2,1-4H3/b20-12-. The van der Waals surface area contributed by atoms with Crippen LogP contribution in [-0.2, 0) is 11.4 Å². The lowest BCUT2D eigenvalue weighted by atomic mass is 10.1. The van der Waals surface area contributed by atoms with Gasteiger partial charge in [0.2, 0.25) is 0 Å². The fraction of sp³-hybridized carbons (Fsp3) is 0.273. The van der Waals surface area contributed by atoms with Gasteiger partial charge in [0.1, 0.15) is 22.4 Å². The van der Waals surface area contributed by atoms with Crippen LogP contribution in [0.1, 0.15) is 29.2 Å². The molecule has 3 rings (SSSR count). The van der Waals surface area contributed by atoms with Gasteiger partial charge in [-0.15, -0.1) is 0 Å². The minimum Gasteiger partial charge on any atom is -0.496 e. The lowest BCUT2D eigenvalue weighted by Crippen LogP contribution is -2.27. The number of aryl methyl sites for hydroxylation is 2. The smallest absolute Gasteiger partial charge is 0.266 e. The van der Waals surface area contributed by atoms with Gasteiger partial charge >= 0.3 is 0 Å². The first kappa shape index (κ1) is 20.4. The fourth-order valence-electron chi connectivity index (χ4n) is 3.10. The first-order chi connectivity index (χ1) is 13.4. The lowest BCUT2D eigenvalue weighted by molar-refractivity contribution is -0.121. The molecule has 0 atom stereocenters. The molecule has 28 heavy (non-hydrogen) atoms. The van der Waals surface area contributed by atoms with Gasteiger partial charge in [-0.1, -0.05) is 36.1 Å². The van der Waals surface area contributed by atoms with E-state index >= 15 is 0 Å². The van der Waals surface area contributed by atoms with Crippen molar-refractivity contribution < 1.29 is 14.3 Å². The maximum Gasteiger partial charge on any atom is 0.266 e. The first-order valence-corrected chi connectivity index (χ1v) is 10.3. The van der Waals surface area contributed by atoms with Crippen LogP contribution in [0.25, 0.3) is 6.08 Å². The van der Waals surface area contributed by atoms with Gasteiger partial charge in [0.15, 0.2) is 0 Å². The Morgan fingerprint density at radius 2 is 1.86 bits per heavy atom. The zero-order chi connectivity index (χ0) is 20.3. The summed E-state index contributed by atoms with van der Waals surface area (Å²) in [5.41, 5.74) is 4.15. The number of thioether (sulfide) groups is 1. The second-order valence-corrected chi connectivity index (χ2v) is 8.29. The summed E-state index contributed by atoms with van der Waals surface area (Å²) in [7, 11) is 1.64. The third kappa shape index (κ3) is 4.56. The normalized spacial score (nSPS) is 15.4. The van der Waals surface area contributed by atoms with E-state index in [1.54, 1.807) is 12.0 Å². The maximum absolute atomic E-state index is 12.4. The molecule has 0 radical (unpaired) electrons. The Hall–Kier alpha value is -2.31. The summed E-state index contributed by atoms with van der Waals surface area (Å²) in [6, 6.07) is 11.9. The minimum atomic E-state index is -0.0404. The van der Waals surface area contributed by atoms with Crippen LogP contribution in [0, 0.1) is 13.8 Å². The number of carbonyl (C=O) groups excluding carboxylic acids is 1. The molecule has 2 aromatic rings. The van der Waals surface area contributed by atoms with Crippen LogP contribution in [0.4, 0.5) is 0 Å². The average molecular weight is 414 g/mol. The number of benzene rings is 2. The number of rotatable bonds is 6. The fourth-order valence-corrected chi connectivity index (χ4v) is 4.49. The van der Waals surface area contributed by atoms with Crippen molar-refractivity contribution >= 4 is 40.3 Å². The molecule has 1 aliphatic rings. The van der Waals surface area contributed by atoms with Crippen LogP contribution in [-0.4, -0.2) is 28.8 Å². The van der Waals surface area contributed by atoms with E-state index in [0.29, 0.717) is 22.4 Å². The second kappa shape index (κ2) is 8.80. The van der Waals surface area contributed by atoms with E-state index < -0.39 is 0 Å². The van der Waals surface area contributed by atoms with Gasteiger partial charge in [0.05, 0.1) is 12.0 Å². The highest BCUT2D eigenvalue weighted by Crippen LogP contribution is 2.33. The van der Waals surface area contributed by atoms with E-state index in [4.69, 9.17) is 21.7 Å². The molecule has 4 nitrogen and oxygen atoms in total. The third-order valence-corrected chi connectivity index (χ3v) is 5.76. The summed E-state index contributed by atoms with van der Waals surface area (Å²) < 4.78 is 12.1. The number of methoxy groups -OCH3 is 1. The topological polar surface area (TPSA) is 38.8 Å². The number of hydrogen-bond acceptors (Lipinski definition) is 5. The van der Waals surface area contributed by atoms with Crippen molar-refractivity contribution in [2.24, 2.45) is 0 Å². The summed E-state index contributed by atoms with van der Waals surface area (Å²) in [5, 5.41) is 0. The Bertz CT molecular complexity index is 933. The van der Waals surface area contributed by atoms with E-state index in [9.17, 15) is 4.79 Å². The number of carbonyl (C=O) groups is 1. The van der Waals surface area contributed by atoms with Crippen molar-refractivity contribution in [3.05, 3.63) is 63.6 Å². The van der Waals surface area contributed by atoms with Crippen LogP contribution in [0.15, 0.2) is 41.3 Å². The SMILES string of the molecule is CCN1C(=O)/C(=C/c2ccc(OC)c(COc3cc(C)cc(C)c3)c2)SC1=S. The average Bonchev–Trinajstić information content (AvgIpc) is 2.92. The van der Waals surface area contributed by atoms with Crippen molar-refractivity contribution in [2.75, 3.05) is 13.7 Å². The van der Waals surface area contributed by atoms with Crippen molar-refractivity contribution in [2.45, 2.75) is 27.4 Å². The van der Waals surface area contributed by atoms with Crippen LogP contribution in [0.2, 0.25) is 0 Å². The van der Waals surface area contributed by atoms with Gasteiger partial charge in [0.25, 0.3) is 5.91 Å². The van der Waals surface area contributed by atoms with Gasteiger partial charge in [-0.2, -0.15) is 0 Å². The van der Waals surface area contributed by atoms with Crippen LogP contribution in [0.3, 0.4) is 0 Å². The van der Waals surface area contributed by atoms with Gasteiger partial charge in [-0.05, 0) is 67.8 Å². The molecule has 0 bridgehead atoms. The number of amides is 1. The van der Waals surface area contributed by atoms with E-state index in [0.717, 1.165) is 33.8 Å². The molecule has 0 unspecified atom stereocenters. The molecule has 2 aromatic carbocycles. The molecule has 1 fully saturated rings. The summed E-state index contributed by atoms with van der Waals surface area (Å²) in [4.78, 5) is 14.7. The Morgan fingerprint density at radius 1 is 1.14 bits per heavy atom. The Morgan fingerprint density at radius 3 is 2.46 bits per heavy atom. The van der Waals surface area contributed by atoms with E-state index in [2.05, 4.69) is 6.07 Å². The number of hydrogen-bond donors (Lipinski definition) is 0. The van der Waals surface area contributed by atoms with Crippen LogP contribution >= 0.6 is 24.0 Å². The molecule has 0 saturated carbocycles. The van der Waals surface area contributed by atoms with Crippen molar-refractivity contribution in [3.63, 3.8) is 0 Å². The Balaban J connectivity index is 1.83. The molecule has 0 aromatic heterocycles. The first-order valence-electron chi connectivity index (χ1n) is 9.04. The molecular formula is C22H23NO3S2. The molecule has 1 heterocycles. The molecule has 0 aliphatic carbocycles. The van der Waals surface area contributed by atoms with Crippen molar-refractivity contribution in [1.29, 1.82) is 0 Å². The lowest BCUT2D eigenvalue weighted by Gasteiger charge is -2.12. The summed E-state index contributed by atoms with van der Waals surface area (Å²) in [6.45, 7) is 6.98. The summed E-state index contributed by atoms with van der Waals surface area (Å²) >= 11 is 6.62. The number of likely N-dealkylation sites (N-methyl/N-ethyl adjacent to an activating group) is 1. The van der Waals surface area contributed by atoms with Crippen LogP contribution in [0.5, 0.6) is 11.5 Å². The van der Waals surface area contributed by atoms with Crippen LogP contribution < -0.4 is 9.47 Å². The van der Waals surface area contributed by atoms with Crippen molar-refractivity contribution in [1.82, 2.24) is 4.90 Å². The van der Waals surface area contributed by atoms with E-state index in [1.165, 1.54) is 11.8 Å². The van der Waals surface area contributed by atoms with Crippen molar-refractivity contribution in [3.8, 4) is 11.5 Å². The molecule has 1 aliphatic heterocycles. The Kier molecular flexibility index (Phi) is 6.42. The van der Waals surface area contributed by atoms with Gasteiger partial charge < -0.3 is 9.47 Å². The molecular weight excluding hydrogens is 390 g/mol. The van der Waals surface area contributed by atoms with E-state index in [1.807, 2.05) is 57.2 Å². The highest BCUT2D eigenvalue weighted by atomic mass is 32.2. The summed E-state index contributed by atoms with van der Waals surface area (Å²) in [6.07, 6.45) is 1.87. The molecule has 0 spiro atoms. The van der Waals surface area contributed by atoms with E-state index in [-0.39, 0.29) is 5.91 Å². The molecule has 0 N–H and O–H groups in total. The largest absolute Gasteiger partial charge is 0.496 e. The molecule has 6 heteroatoms. The molecule has 146 valence electrons. The number of thiocarbonyl (C=S) groups is 1. The van der Waals surface area contributed by atoms with Gasteiger partial charge in [-0.25, -0.2) is 0 Å². The highest BCUT2D eigenvalue weighted by molar-refractivity contribution is 8.26. The maximum atomic E-state index is 12.4. The second-order valence-electron chi connectivity index (χ2n) is 6.61. The van der Waals surface area contributed by atoms with Gasteiger partial charge in [0, 0.05) is 12.1 Å². The minimum absolute atomic E-state index is 0.0404. The zero-order valence-corrected chi connectivity index (χ0v) is 18.1.